The van der Waals surface area contributed by atoms with Crippen molar-refractivity contribution in [1.82, 2.24) is 10.6 Å². The van der Waals surface area contributed by atoms with Gasteiger partial charge in [0.05, 0.1) is 19.1 Å². The minimum atomic E-state index is -0.0919. The predicted molar refractivity (Wildman–Crippen MR) is 93.9 cm³/mol. The van der Waals surface area contributed by atoms with Gasteiger partial charge in [0.1, 0.15) is 0 Å². The average molecular weight is 339 g/mol. The lowest BCUT2D eigenvalue weighted by molar-refractivity contribution is -0.125. The number of carbonyl (C=O) groups is 1. The summed E-state index contributed by atoms with van der Waals surface area (Å²) in [6.07, 6.45) is 3.52. The molecule has 0 bridgehead atoms. The van der Waals surface area contributed by atoms with Crippen LogP contribution < -0.4 is 10.6 Å². The van der Waals surface area contributed by atoms with Gasteiger partial charge in [-0.15, -0.1) is 12.4 Å². The van der Waals surface area contributed by atoms with Crippen LogP contribution in [0.25, 0.3) is 0 Å². The fourth-order valence-corrected chi connectivity index (χ4v) is 3.41. The van der Waals surface area contributed by atoms with Gasteiger partial charge in [0.25, 0.3) is 0 Å². The van der Waals surface area contributed by atoms with Gasteiger partial charge in [-0.2, -0.15) is 0 Å². The third kappa shape index (κ3) is 4.69. The molecule has 128 valence electrons. The van der Waals surface area contributed by atoms with Crippen molar-refractivity contribution < 1.29 is 9.53 Å². The van der Waals surface area contributed by atoms with Gasteiger partial charge in [0.15, 0.2) is 0 Å². The zero-order valence-electron chi connectivity index (χ0n) is 13.8. The Kier molecular flexibility index (Phi) is 6.45. The van der Waals surface area contributed by atoms with Crippen molar-refractivity contribution in [2.75, 3.05) is 26.2 Å². The molecule has 0 spiro atoms. The standard InChI is InChI=1S/C18H26N2O2.ClH/c1-18(7-9-19-10-8-18)13-20-17(21)12-16-15-5-3-2-4-14(15)6-11-22-16;/h2-5,16,19H,6-13H2,1H3,(H,20,21);1H. The lowest BCUT2D eigenvalue weighted by Gasteiger charge is -2.34. The molecule has 4 nitrogen and oxygen atoms in total. The second kappa shape index (κ2) is 8.13. The van der Waals surface area contributed by atoms with Gasteiger partial charge in [0, 0.05) is 6.54 Å². The molecule has 3 rings (SSSR count). The second-order valence-electron chi connectivity index (χ2n) is 6.85. The van der Waals surface area contributed by atoms with Gasteiger partial charge < -0.3 is 15.4 Å². The van der Waals surface area contributed by atoms with Crippen molar-refractivity contribution in [3.8, 4) is 0 Å². The highest BCUT2D eigenvalue weighted by Gasteiger charge is 2.28. The third-order valence-corrected chi connectivity index (χ3v) is 4.99. The maximum Gasteiger partial charge on any atom is 0.222 e. The van der Waals surface area contributed by atoms with E-state index in [1.165, 1.54) is 11.1 Å². The van der Waals surface area contributed by atoms with Crippen LogP contribution in [0.15, 0.2) is 24.3 Å². The van der Waals surface area contributed by atoms with Crippen LogP contribution >= 0.6 is 12.4 Å². The van der Waals surface area contributed by atoms with Crippen LogP contribution in [0, 0.1) is 5.41 Å². The predicted octanol–water partition coefficient (Wildman–Crippen LogP) is 2.62. The van der Waals surface area contributed by atoms with E-state index in [9.17, 15) is 4.79 Å². The highest BCUT2D eigenvalue weighted by atomic mass is 35.5. The number of carbonyl (C=O) groups excluding carboxylic acids is 1. The maximum absolute atomic E-state index is 12.3. The molecule has 1 aromatic rings. The minimum absolute atomic E-state index is 0. The summed E-state index contributed by atoms with van der Waals surface area (Å²) in [7, 11) is 0. The van der Waals surface area contributed by atoms with Gasteiger partial charge >= 0.3 is 0 Å². The maximum atomic E-state index is 12.3. The van der Waals surface area contributed by atoms with E-state index in [0.717, 1.165) is 38.9 Å². The van der Waals surface area contributed by atoms with Gasteiger partial charge in [-0.1, -0.05) is 31.2 Å². The number of halogens is 1. The molecule has 2 aliphatic heterocycles. The Balaban J connectivity index is 0.00000192. The average Bonchev–Trinajstić information content (AvgIpc) is 2.54. The highest BCUT2D eigenvalue weighted by Crippen LogP contribution is 2.30. The van der Waals surface area contributed by atoms with Crippen LogP contribution in [0.5, 0.6) is 0 Å². The van der Waals surface area contributed by atoms with Crippen molar-refractivity contribution in [3.05, 3.63) is 35.4 Å². The summed E-state index contributed by atoms with van der Waals surface area (Å²) in [6, 6.07) is 8.30. The van der Waals surface area contributed by atoms with Crippen LogP contribution in [0.1, 0.15) is 43.4 Å². The molecule has 2 N–H and O–H groups in total. The summed E-state index contributed by atoms with van der Waals surface area (Å²) in [4.78, 5) is 12.3. The normalized spacial score (nSPS) is 22.6. The van der Waals surface area contributed by atoms with Gasteiger partial charge in [0.2, 0.25) is 5.91 Å². The number of nitrogens with one attached hydrogen (secondary N) is 2. The Morgan fingerprint density at radius 1 is 1.35 bits per heavy atom. The number of amides is 1. The van der Waals surface area contributed by atoms with Crippen LogP contribution in [0.2, 0.25) is 0 Å². The van der Waals surface area contributed by atoms with E-state index in [-0.39, 0.29) is 29.8 Å². The number of hydrogen-bond donors (Lipinski definition) is 2. The summed E-state index contributed by atoms with van der Waals surface area (Å²) in [5.41, 5.74) is 2.72. The minimum Gasteiger partial charge on any atom is -0.373 e. The molecular formula is C18H27ClN2O2. The van der Waals surface area contributed by atoms with E-state index < -0.39 is 0 Å². The lowest BCUT2D eigenvalue weighted by atomic mass is 9.81. The molecule has 0 saturated carbocycles. The number of benzene rings is 1. The molecule has 1 aromatic carbocycles. The first-order chi connectivity index (χ1) is 10.7. The van der Waals surface area contributed by atoms with Crippen LogP contribution in [-0.4, -0.2) is 32.1 Å². The Morgan fingerprint density at radius 3 is 2.87 bits per heavy atom. The van der Waals surface area contributed by atoms with E-state index in [1.807, 2.05) is 6.07 Å². The van der Waals surface area contributed by atoms with Crippen molar-refractivity contribution in [3.63, 3.8) is 0 Å². The van der Waals surface area contributed by atoms with Crippen LogP contribution in [-0.2, 0) is 16.0 Å². The molecule has 1 unspecified atom stereocenters. The van der Waals surface area contributed by atoms with E-state index in [1.54, 1.807) is 0 Å². The Bertz CT molecular complexity index is 530. The van der Waals surface area contributed by atoms with E-state index in [4.69, 9.17) is 4.74 Å². The Morgan fingerprint density at radius 2 is 2.09 bits per heavy atom. The zero-order chi connectivity index (χ0) is 15.4. The number of ether oxygens (including phenoxy) is 1. The SMILES string of the molecule is CC1(CNC(=O)CC2OCCc3ccccc32)CCNCC1.Cl. The lowest BCUT2D eigenvalue weighted by Crippen LogP contribution is -2.43. The van der Waals surface area contributed by atoms with Crippen LogP contribution in [0.3, 0.4) is 0 Å². The second-order valence-corrected chi connectivity index (χ2v) is 6.85. The molecular weight excluding hydrogens is 312 g/mol. The molecule has 23 heavy (non-hydrogen) atoms. The summed E-state index contributed by atoms with van der Waals surface area (Å²) in [5.74, 6) is 0.0986. The highest BCUT2D eigenvalue weighted by molar-refractivity contribution is 5.85. The summed E-state index contributed by atoms with van der Waals surface area (Å²) in [6.45, 7) is 5.83. The largest absolute Gasteiger partial charge is 0.373 e. The fourth-order valence-electron chi connectivity index (χ4n) is 3.41. The molecule has 1 fully saturated rings. The van der Waals surface area contributed by atoms with Crippen molar-refractivity contribution >= 4 is 18.3 Å². The van der Waals surface area contributed by atoms with E-state index in [0.29, 0.717) is 13.0 Å². The molecule has 0 radical (unpaired) electrons. The molecule has 1 amide bonds. The van der Waals surface area contributed by atoms with Gasteiger partial charge in [-0.3, -0.25) is 4.79 Å². The number of hydrogen-bond acceptors (Lipinski definition) is 3. The quantitative estimate of drug-likeness (QED) is 0.887. The molecule has 5 heteroatoms. The van der Waals surface area contributed by atoms with Gasteiger partial charge in [-0.05, 0) is 48.9 Å². The number of rotatable bonds is 4. The van der Waals surface area contributed by atoms with Gasteiger partial charge in [-0.25, -0.2) is 0 Å². The molecule has 1 saturated heterocycles. The molecule has 0 aliphatic carbocycles. The molecule has 2 heterocycles. The van der Waals surface area contributed by atoms with Crippen molar-refractivity contribution in [2.45, 2.75) is 38.7 Å². The fraction of sp³-hybridized carbons (Fsp3) is 0.611. The topological polar surface area (TPSA) is 50.4 Å². The molecule has 0 aromatic heterocycles. The van der Waals surface area contributed by atoms with Crippen molar-refractivity contribution in [1.29, 1.82) is 0 Å². The third-order valence-electron chi connectivity index (χ3n) is 4.99. The first-order valence-electron chi connectivity index (χ1n) is 8.33. The smallest absolute Gasteiger partial charge is 0.222 e. The number of fused-ring (bicyclic) bond motifs is 1. The van der Waals surface area contributed by atoms with E-state index >= 15 is 0 Å². The first-order valence-corrected chi connectivity index (χ1v) is 8.33. The first kappa shape index (κ1) is 18.2. The Labute approximate surface area is 144 Å². The van der Waals surface area contributed by atoms with E-state index in [2.05, 4.69) is 35.8 Å². The van der Waals surface area contributed by atoms with Crippen molar-refractivity contribution in [2.24, 2.45) is 5.41 Å². The zero-order valence-corrected chi connectivity index (χ0v) is 14.6. The molecule has 2 aliphatic rings. The Hall–Kier alpha value is -1.10. The molecule has 1 atom stereocenters. The summed E-state index contributed by atoms with van der Waals surface area (Å²) in [5, 5.41) is 6.50. The summed E-state index contributed by atoms with van der Waals surface area (Å²) >= 11 is 0. The summed E-state index contributed by atoms with van der Waals surface area (Å²) < 4.78 is 5.82. The number of piperidine rings is 1. The van der Waals surface area contributed by atoms with Crippen LogP contribution in [0.4, 0.5) is 0 Å². The monoisotopic (exact) mass is 338 g/mol.